The zero-order valence-electron chi connectivity index (χ0n) is 9.78. The van der Waals surface area contributed by atoms with E-state index in [2.05, 4.69) is 5.32 Å². The van der Waals surface area contributed by atoms with Crippen molar-refractivity contribution in [2.45, 2.75) is 11.8 Å². The number of benzene rings is 1. The Kier molecular flexibility index (Phi) is 4.27. The molecule has 0 aliphatic rings. The molecule has 0 bridgehead atoms. The lowest BCUT2D eigenvalue weighted by molar-refractivity contribution is -0.386. The first-order valence-corrected chi connectivity index (χ1v) is 6.54. The van der Waals surface area contributed by atoms with Crippen molar-refractivity contribution in [3.63, 3.8) is 0 Å². The molecule has 19 heavy (non-hydrogen) atoms. The summed E-state index contributed by atoms with van der Waals surface area (Å²) in [7, 11) is -4.23. The Balaban J connectivity index is 3.12. The molecule has 1 aromatic rings. The van der Waals surface area contributed by atoms with Crippen molar-refractivity contribution in [2.75, 3.05) is 6.54 Å². The summed E-state index contributed by atoms with van der Waals surface area (Å²) in [4.78, 5) is 20.3. The topological polar surface area (TPSA) is 139 Å². The standard InChI is InChI=1S/C9H11N3O6S/c1-2-10-9(14)11-19(17,18)6-3-4-8(13)7(5-6)12(15)16/h3-5,13H,2H2,1H3,(H2,10,11,14). The van der Waals surface area contributed by atoms with Gasteiger partial charge in [-0.3, -0.25) is 10.1 Å². The molecule has 3 N–H and O–H groups in total. The van der Waals surface area contributed by atoms with E-state index in [0.717, 1.165) is 12.1 Å². The summed E-state index contributed by atoms with van der Waals surface area (Å²) >= 11 is 0. The average molecular weight is 289 g/mol. The van der Waals surface area contributed by atoms with Crippen LogP contribution < -0.4 is 10.0 Å². The summed E-state index contributed by atoms with van der Waals surface area (Å²) in [6.45, 7) is 1.81. The Hall–Kier alpha value is -2.36. The molecule has 0 saturated carbocycles. The Morgan fingerprint density at radius 2 is 2.11 bits per heavy atom. The molecule has 10 heteroatoms. The molecule has 9 nitrogen and oxygen atoms in total. The van der Waals surface area contributed by atoms with Crippen LogP contribution in [0.4, 0.5) is 10.5 Å². The fourth-order valence-electron chi connectivity index (χ4n) is 1.19. The van der Waals surface area contributed by atoms with Crippen LogP contribution in [0.2, 0.25) is 0 Å². The molecule has 0 aromatic heterocycles. The van der Waals surface area contributed by atoms with Gasteiger partial charge in [0, 0.05) is 12.6 Å². The third-order valence-corrected chi connectivity index (χ3v) is 3.35. The molecule has 104 valence electrons. The predicted octanol–water partition coefficient (Wildman–Crippen LogP) is 0.308. The summed E-state index contributed by atoms with van der Waals surface area (Å²) in [6.07, 6.45) is 0. The van der Waals surface area contributed by atoms with E-state index in [0.29, 0.717) is 6.07 Å². The summed E-state index contributed by atoms with van der Waals surface area (Å²) in [5, 5.41) is 22.0. The molecule has 0 unspecified atom stereocenters. The summed E-state index contributed by atoms with van der Waals surface area (Å²) in [5.41, 5.74) is -0.765. The highest BCUT2D eigenvalue weighted by Gasteiger charge is 2.22. The second-order valence-electron chi connectivity index (χ2n) is 3.37. The highest BCUT2D eigenvalue weighted by Crippen LogP contribution is 2.27. The largest absolute Gasteiger partial charge is 0.502 e. The first-order valence-electron chi connectivity index (χ1n) is 5.06. The molecule has 0 atom stereocenters. The Morgan fingerprint density at radius 3 is 2.63 bits per heavy atom. The number of sulfonamides is 1. The quantitative estimate of drug-likeness (QED) is 0.538. The summed E-state index contributed by atoms with van der Waals surface area (Å²) < 4.78 is 25.1. The van der Waals surface area contributed by atoms with Crippen LogP contribution in [0.1, 0.15) is 6.92 Å². The number of hydrogen-bond acceptors (Lipinski definition) is 6. The normalized spacial score (nSPS) is 10.8. The molecule has 0 fully saturated rings. The number of nitro groups is 1. The van der Waals surface area contributed by atoms with Crippen LogP contribution >= 0.6 is 0 Å². The number of rotatable bonds is 4. The number of urea groups is 1. The summed E-state index contributed by atoms with van der Waals surface area (Å²) in [6, 6.07) is 1.53. The lowest BCUT2D eigenvalue weighted by Crippen LogP contribution is -2.39. The van der Waals surface area contributed by atoms with Gasteiger partial charge in [-0.1, -0.05) is 0 Å². The SMILES string of the molecule is CCNC(=O)NS(=O)(=O)c1ccc(O)c([N+](=O)[O-])c1. The molecule has 1 aromatic carbocycles. The van der Waals surface area contributed by atoms with Gasteiger partial charge in [0.15, 0.2) is 5.75 Å². The van der Waals surface area contributed by atoms with Crippen LogP contribution in [0, 0.1) is 10.1 Å². The van der Waals surface area contributed by atoms with Crippen molar-refractivity contribution in [1.82, 2.24) is 10.0 Å². The van der Waals surface area contributed by atoms with Crippen molar-refractivity contribution in [2.24, 2.45) is 0 Å². The van der Waals surface area contributed by atoms with Gasteiger partial charge in [0.2, 0.25) is 0 Å². The molecule has 0 aliphatic heterocycles. The van der Waals surface area contributed by atoms with Crippen LogP contribution in [-0.4, -0.2) is 31.0 Å². The monoisotopic (exact) mass is 289 g/mol. The van der Waals surface area contributed by atoms with Crippen LogP contribution in [0.15, 0.2) is 23.1 Å². The number of carbonyl (C=O) groups excluding carboxylic acids is 1. The lowest BCUT2D eigenvalue weighted by atomic mass is 10.3. The van der Waals surface area contributed by atoms with Crippen LogP contribution in [0.25, 0.3) is 0 Å². The van der Waals surface area contributed by atoms with E-state index in [-0.39, 0.29) is 6.54 Å². The van der Waals surface area contributed by atoms with Gasteiger partial charge in [0.05, 0.1) is 9.82 Å². The molecule has 0 heterocycles. The molecule has 0 spiro atoms. The minimum absolute atomic E-state index is 0.219. The van der Waals surface area contributed by atoms with Gasteiger partial charge in [-0.15, -0.1) is 0 Å². The van der Waals surface area contributed by atoms with E-state index in [4.69, 9.17) is 0 Å². The lowest BCUT2D eigenvalue weighted by Gasteiger charge is -2.07. The number of hydrogen-bond donors (Lipinski definition) is 3. The number of phenols is 1. The van der Waals surface area contributed by atoms with Gasteiger partial charge in [0.25, 0.3) is 10.0 Å². The number of phenolic OH excluding ortho intramolecular Hbond substituents is 1. The predicted molar refractivity (Wildman–Crippen MR) is 64.2 cm³/mol. The van der Waals surface area contributed by atoms with E-state index < -0.39 is 37.3 Å². The maximum atomic E-state index is 11.7. The van der Waals surface area contributed by atoms with Crippen molar-refractivity contribution in [3.05, 3.63) is 28.3 Å². The van der Waals surface area contributed by atoms with Gasteiger partial charge >= 0.3 is 11.7 Å². The van der Waals surface area contributed by atoms with Gasteiger partial charge in [-0.25, -0.2) is 17.9 Å². The smallest absolute Gasteiger partial charge is 0.328 e. The molecular weight excluding hydrogens is 278 g/mol. The first kappa shape index (κ1) is 14.7. The van der Waals surface area contributed by atoms with Crippen molar-refractivity contribution < 1.29 is 23.2 Å². The van der Waals surface area contributed by atoms with E-state index in [1.54, 1.807) is 11.6 Å². The Bertz CT molecular complexity index is 612. The summed E-state index contributed by atoms with van der Waals surface area (Å²) in [5.74, 6) is -0.665. The number of amides is 2. The third-order valence-electron chi connectivity index (χ3n) is 2.02. The number of carbonyl (C=O) groups is 1. The fraction of sp³-hybridized carbons (Fsp3) is 0.222. The zero-order chi connectivity index (χ0) is 14.6. The molecule has 0 saturated heterocycles. The maximum Gasteiger partial charge on any atom is 0.328 e. The van der Waals surface area contributed by atoms with E-state index in [9.17, 15) is 28.4 Å². The molecule has 0 aliphatic carbocycles. The third kappa shape index (κ3) is 3.55. The molecular formula is C9H11N3O6S. The van der Waals surface area contributed by atoms with Crippen molar-refractivity contribution >= 4 is 21.7 Å². The highest BCUT2D eigenvalue weighted by molar-refractivity contribution is 7.90. The van der Waals surface area contributed by atoms with Crippen molar-refractivity contribution in [3.8, 4) is 5.75 Å². The first-order chi connectivity index (χ1) is 8.77. The number of aromatic hydroxyl groups is 1. The zero-order valence-corrected chi connectivity index (χ0v) is 10.6. The number of nitrogens with one attached hydrogen (secondary N) is 2. The van der Waals surface area contributed by atoms with Gasteiger partial charge < -0.3 is 10.4 Å². The Morgan fingerprint density at radius 1 is 1.47 bits per heavy atom. The fourth-order valence-corrected chi connectivity index (χ4v) is 2.14. The second kappa shape index (κ2) is 5.52. The van der Waals surface area contributed by atoms with Gasteiger partial charge in [-0.05, 0) is 19.1 Å². The average Bonchev–Trinajstić information content (AvgIpc) is 2.28. The van der Waals surface area contributed by atoms with Crippen LogP contribution in [0.5, 0.6) is 5.75 Å². The number of nitrogens with zero attached hydrogens (tertiary/aromatic N) is 1. The minimum atomic E-state index is -4.23. The van der Waals surface area contributed by atoms with Gasteiger partial charge in [0.1, 0.15) is 0 Å². The molecule has 0 radical (unpaired) electrons. The van der Waals surface area contributed by atoms with E-state index in [1.165, 1.54) is 0 Å². The van der Waals surface area contributed by atoms with Crippen LogP contribution in [-0.2, 0) is 10.0 Å². The second-order valence-corrected chi connectivity index (χ2v) is 5.05. The Labute approximate surface area is 108 Å². The number of nitro benzene ring substituents is 1. The van der Waals surface area contributed by atoms with E-state index >= 15 is 0 Å². The highest BCUT2D eigenvalue weighted by atomic mass is 32.2. The van der Waals surface area contributed by atoms with Gasteiger partial charge in [-0.2, -0.15) is 0 Å². The molecule has 1 rings (SSSR count). The van der Waals surface area contributed by atoms with Crippen LogP contribution in [0.3, 0.4) is 0 Å². The van der Waals surface area contributed by atoms with Crippen molar-refractivity contribution in [1.29, 1.82) is 0 Å². The van der Waals surface area contributed by atoms with E-state index in [1.807, 2.05) is 0 Å². The minimum Gasteiger partial charge on any atom is -0.502 e. The molecule has 2 amide bonds. The maximum absolute atomic E-state index is 11.7.